The summed E-state index contributed by atoms with van der Waals surface area (Å²) in [5.41, 5.74) is 0.667. The number of aromatic nitrogens is 2. The van der Waals surface area contributed by atoms with E-state index in [2.05, 4.69) is 15.3 Å². The second kappa shape index (κ2) is 4.73. The molecule has 0 aliphatic heterocycles. The highest BCUT2D eigenvalue weighted by Gasteiger charge is 2.09. The minimum absolute atomic E-state index is 0.129. The Bertz CT molecular complexity index is 559. The van der Waals surface area contributed by atoms with Crippen molar-refractivity contribution in [3.8, 4) is 0 Å². The summed E-state index contributed by atoms with van der Waals surface area (Å²) < 4.78 is 12.0. The smallest absolute Gasteiger partial charge is 0.336 e. The van der Waals surface area contributed by atoms with Gasteiger partial charge in [0.1, 0.15) is 6.67 Å². The third kappa shape index (κ3) is 2.30. The molecule has 0 unspecified atom stereocenters. The number of alkyl halides is 1. The van der Waals surface area contributed by atoms with Gasteiger partial charge in [-0.05, 0) is 12.1 Å². The predicted octanol–water partition coefficient (Wildman–Crippen LogP) is 1.71. The topological polar surface area (TPSA) is 75.1 Å². The second-order valence-electron chi connectivity index (χ2n) is 3.35. The maximum atomic E-state index is 12.0. The summed E-state index contributed by atoms with van der Waals surface area (Å²) in [6.45, 7) is -0.388. The van der Waals surface area contributed by atoms with E-state index in [-0.39, 0.29) is 18.1 Å². The molecule has 0 fully saturated rings. The average molecular weight is 235 g/mol. The maximum Gasteiger partial charge on any atom is 0.336 e. The average Bonchev–Trinajstić information content (AvgIpc) is 2.35. The van der Waals surface area contributed by atoms with Crippen LogP contribution < -0.4 is 5.32 Å². The van der Waals surface area contributed by atoms with E-state index in [0.717, 1.165) is 0 Å². The standard InChI is InChI=1S/C11H10FN3O2/c12-4-5-13-11-14-6-8-7(10(16)17)2-1-3-9(8)15-11/h1-3,6H,4-5H2,(H,16,17)(H,13,14,15). The number of carboxylic acids is 1. The molecule has 1 aromatic heterocycles. The lowest BCUT2D eigenvalue weighted by Crippen LogP contribution is -2.07. The van der Waals surface area contributed by atoms with Crippen LogP contribution in [0.1, 0.15) is 10.4 Å². The highest BCUT2D eigenvalue weighted by molar-refractivity contribution is 6.02. The molecule has 0 spiro atoms. The van der Waals surface area contributed by atoms with E-state index in [1.165, 1.54) is 12.3 Å². The van der Waals surface area contributed by atoms with Gasteiger partial charge in [0, 0.05) is 18.1 Å². The number of hydrogen-bond donors (Lipinski definition) is 2. The summed E-state index contributed by atoms with van der Waals surface area (Å²) in [6, 6.07) is 4.78. The van der Waals surface area contributed by atoms with Crippen molar-refractivity contribution in [1.82, 2.24) is 9.97 Å². The lowest BCUT2D eigenvalue weighted by atomic mass is 10.1. The fraction of sp³-hybridized carbons (Fsp3) is 0.182. The summed E-state index contributed by atoms with van der Waals surface area (Å²) in [4.78, 5) is 19.0. The van der Waals surface area contributed by atoms with Gasteiger partial charge in [-0.3, -0.25) is 0 Å². The van der Waals surface area contributed by atoms with Crippen LogP contribution in [-0.2, 0) is 0 Å². The largest absolute Gasteiger partial charge is 0.478 e. The molecular weight excluding hydrogens is 225 g/mol. The van der Waals surface area contributed by atoms with Crippen molar-refractivity contribution in [2.75, 3.05) is 18.5 Å². The summed E-state index contributed by atoms with van der Waals surface area (Å²) in [5.74, 6) is -0.735. The van der Waals surface area contributed by atoms with Crippen LogP contribution in [0.4, 0.5) is 10.3 Å². The molecule has 5 nitrogen and oxygen atoms in total. The molecule has 88 valence electrons. The Hall–Kier alpha value is -2.24. The first-order valence-corrected chi connectivity index (χ1v) is 5.01. The summed E-state index contributed by atoms with van der Waals surface area (Å²) >= 11 is 0. The molecule has 0 aliphatic carbocycles. The fourth-order valence-corrected chi connectivity index (χ4v) is 1.49. The minimum atomic E-state index is -1.02. The summed E-state index contributed by atoms with van der Waals surface area (Å²) in [5, 5.41) is 12.1. The summed E-state index contributed by atoms with van der Waals surface area (Å²) in [7, 11) is 0. The number of carboxylic acid groups (broad SMARTS) is 1. The molecule has 0 amide bonds. The Balaban J connectivity index is 2.45. The number of aromatic carboxylic acids is 1. The van der Waals surface area contributed by atoms with Crippen molar-refractivity contribution in [3.63, 3.8) is 0 Å². The predicted molar refractivity (Wildman–Crippen MR) is 61.0 cm³/mol. The van der Waals surface area contributed by atoms with Crippen LogP contribution in [0.5, 0.6) is 0 Å². The van der Waals surface area contributed by atoms with E-state index in [0.29, 0.717) is 10.9 Å². The third-order valence-electron chi connectivity index (χ3n) is 2.23. The van der Waals surface area contributed by atoms with Crippen LogP contribution >= 0.6 is 0 Å². The van der Waals surface area contributed by atoms with Gasteiger partial charge in [-0.15, -0.1) is 0 Å². The Morgan fingerprint density at radius 2 is 2.29 bits per heavy atom. The highest BCUT2D eigenvalue weighted by Crippen LogP contribution is 2.17. The van der Waals surface area contributed by atoms with Gasteiger partial charge in [-0.25, -0.2) is 19.2 Å². The van der Waals surface area contributed by atoms with E-state index >= 15 is 0 Å². The van der Waals surface area contributed by atoms with Crippen LogP contribution in [0.2, 0.25) is 0 Å². The number of halogens is 1. The number of nitrogens with zero attached hydrogens (tertiary/aromatic N) is 2. The van der Waals surface area contributed by atoms with Crippen molar-refractivity contribution in [1.29, 1.82) is 0 Å². The van der Waals surface area contributed by atoms with Gasteiger partial charge >= 0.3 is 5.97 Å². The van der Waals surface area contributed by atoms with Crippen LogP contribution in [0.25, 0.3) is 10.9 Å². The maximum absolute atomic E-state index is 12.0. The van der Waals surface area contributed by atoms with Crippen molar-refractivity contribution >= 4 is 22.8 Å². The van der Waals surface area contributed by atoms with E-state index in [1.807, 2.05) is 0 Å². The van der Waals surface area contributed by atoms with Crippen molar-refractivity contribution in [3.05, 3.63) is 30.0 Å². The fourth-order valence-electron chi connectivity index (χ4n) is 1.49. The molecule has 6 heteroatoms. The lowest BCUT2D eigenvalue weighted by molar-refractivity contribution is 0.0699. The van der Waals surface area contributed by atoms with Gasteiger partial charge < -0.3 is 10.4 Å². The van der Waals surface area contributed by atoms with Crippen molar-refractivity contribution in [2.45, 2.75) is 0 Å². The normalized spacial score (nSPS) is 10.4. The first-order valence-electron chi connectivity index (χ1n) is 5.01. The molecule has 1 aromatic carbocycles. The number of benzene rings is 1. The number of carbonyl (C=O) groups is 1. The quantitative estimate of drug-likeness (QED) is 0.843. The minimum Gasteiger partial charge on any atom is -0.478 e. The number of anilines is 1. The molecule has 0 bridgehead atoms. The molecule has 0 saturated carbocycles. The van der Waals surface area contributed by atoms with Gasteiger partial charge in [-0.1, -0.05) is 6.07 Å². The molecule has 0 saturated heterocycles. The zero-order chi connectivity index (χ0) is 12.3. The molecule has 17 heavy (non-hydrogen) atoms. The highest BCUT2D eigenvalue weighted by atomic mass is 19.1. The number of rotatable bonds is 4. The van der Waals surface area contributed by atoms with Crippen molar-refractivity contribution in [2.24, 2.45) is 0 Å². The SMILES string of the molecule is O=C(O)c1cccc2nc(NCCF)ncc12. The number of hydrogen-bond acceptors (Lipinski definition) is 4. The second-order valence-corrected chi connectivity index (χ2v) is 3.35. The molecule has 0 radical (unpaired) electrons. The van der Waals surface area contributed by atoms with E-state index in [1.54, 1.807) is 12.1 Å². The Labute approximate surface area is 96.3 Å². The van der Waals surface area contributed by atoms with E-state index in [4.69, 9.17) is 5.11 Å². The molecule has 0 atom stereocenters. The summed E-state index contributed by atoms with van der Waals surface area (Å²) in [6.07, 6.45) is 1.42. The molecule has 2 aromatic rings. The molecular formula is C11H10FN3O2. The van der Waals surface area contributed by atoms with E-state index < -0.39 is 12.6 Å². The van der Waals surface area contributed by atoms with Gasteiger partial charge in [0.15, 0.2) is 0 Å². The first-order chi connectivity index (χ1) is 8.22. The van der Waals surface area contributed by atoms with Crippen LogP contribution in [-0.4, -0.2) is 34.3 Å². The van der Waals surface area contributed by atoms with Crippen LogP contribution in [0, 0.1) is 0 Å². The third-order valence-corrected chi connectivity index (χ3v) is 2.23. The van der Waals surface area contributed by atoms with Crippen molar-refractivity contribution < 1.29 is 14.3 Å². The van der Waals surface area contributed by atoms with Gasteiger partial charge in [0.2, 0.25) is 5.95 Å². The van der Waals surface area contributed by atoms with E-state index in [9.17, 15) is 9.18 Å². The lowest BCUT2D eigenvalue weighted by Gasteiger charge is -2.05. The monoisotopic (exact) mass is 235 g/mol. The first kappa shape index (κ1) is 11.3. The van der Waals surface area contributed by atoms with Crippen LogP contribution in [0.3, 0.4) is 0 Å². The molecule has 2 N–H and O–H groups in total. The van der Waals surface area contributed by atoms with Gasteiger partial charge in [-0.2, -0.15) is 0 Å². The van der Waals surface area contributed by atoms with Gasteiger partial charge in [0.05, 0.1) is 11.1 Å². The number of nitrogens with one attached hydrogen (secondary N) is 1. The number of fused-ring (bicyclic) bond motifs is 1. The van der Waals surface area contributed by atoms with Gasteiger partial charge in [0.25, 0.3) is 0 Å². The molecule has 2 rings (SSSR count). The Kier molecular flexibility index (Phi) is 3.13. The zero-order valence-electron chi connectivity index (χ0n) is 8.85. The Morgan fingerprint density at radius 1 is 1.47 bits per heavy atom. The Morgan fingerprint density at radius 3 is 3.00 bits per heavy atom. The molecule has 1 heterocycles. The van der Waals surface area contributed by atoms with Crippen LogP contribution in [0.15, 0.2) is 24.4 Å². The zero-order valence-corrected chi connectivity index (χ0v) is 8.85. The molecule has 0 aliphatic rings.